The average Bonchev–Trinajstić information content (AvgIpc) is 3.12. The first kappa shape index (κ1) is 38.1. The number of Topliss-reactive ketones (excluding diaryl/α,β-unsaturated/α-hetero) is 1. The zero-order valence-corrected chi connectivity index (χ0v) is 30.0. The van der Waals surface area contributed by atoms with Crippen LogP contribution in [0.5, 0.6) is 5.75 Å². The van der Waals surface area contributed by atoms with E-state index in [1.54, 1.807) is 13.2 Å². The summed E-state index contributed by atoms with van der Waals surface area (Å²) in [5, 5.41) is 13.3. The molecule has 4 aromatic rings. The van der Waals surface area contributed by atoms with E-state index in [-0.39, 0.29) is 51.7 Å². The van der Waals surface area contributed by atoms with Gasteiger partial charge < -0.3 is 19.4 Å². The maximum absolute atomic E-state index is 14.5. The molecule has 0 aromatic heterocycles. The molecule has 274 valence electrons. The molecule has 11 heteroatoms. The summed E-state index contributed by atoms with van der Waals surface area (Å²) in [5.74, 6) is -1.49. The molecule has 52 heavy (non-hydrogen) atoms. The second kappa shape index (κ2) is 16.5. The minimum Gasteiger partial charge on any atom is -0.498 e. The Bertz CT molecular complexity index is 1790. The standard InChI is InChI=1S/C41H45F2N3O6/c1-41(2,3)46(40(49)50)23-22-45(39(48)52-28-29-10-6-5-7-11-29)26-35(46)25-44(24-32-12-8-9-13-37(32)51-4)27-36(47)38(30-14-18-33(42)19-15-30)31-16-20-34(43)21-17-31/h5-21,35,38H,22-28H2,1-4H3/t35-,46?/m1/s1. The lowest BCUT2D eigenvalue weighted by molar-refractivity contribution is -0.944. The van der Waals surface area contributed by atoms with Crippen molar-refractivity contribution in [3.8, 4) is 5.75 Å². The number of benzene rings is 4. The van der Waals surface area contributed by atoms with Gasteiger partial charge in [0.05, 0.1) is 44.7 Å². The van der Waals surface area contributed by atoms with Gasteiger partial charge in [0.25, 0.3) is 6.09 Å². The highest BCUT2D eigenvalue weighted by molar-refractivity contribution is 5.90. The maximum atomic E-state index is 14.5. The first-order chi connectivity index (χ1) is 24.8. The van der Waals surface area contributed by atoms with Gasteiger partial charge in [-0.25, -0.2) is 13.6 Å². The van der Waals surface area contributed by atoms with Crippen LogP contribution in [0.2, 0.25) is 0 Å². The van der Waals surface area contributed by atoms with E-state index in [9.17, 15) is 28.3 Å². The van der Waals surface area contributed by atoms with Crippen molar-refractivity contribution in [3.63, 3.8) is 0 Å². The van der Waals surface area contributed by atoms with E-state index < -0.39 is 45.8 Å². The van der Waals surface area contributed by atoms with Crippen LogP contribution in [0.3, 0.4) is 0 Å². The molecule has 1 saturated heterocycles. The van der Waals surface area contributed by atoms with Gasteiger partial charge in [0.1, 0.15) is 36.6 Å². The molecule has 1 aliphatic rings. The SMILES string of the molecule is COc1ccccc1CN(CC(=O)C(c1ccc(F)cc1)c1ccc(F)cc1)C[C@@H]1CN(C(=O)OCc2ccccc2)CC[N+]1(C(=O)[O-])C(C)(C)C. The predicted octanol–water partition coefficient (Wildman–Crippen LogP) is 6.16. The van der Waals surface area contributed by atoms with E-state index in [0.29, 0.717) is 16.9 Å². The quantitative estimate of drug-likeness (QED) is 0.162. The molecule has 4 aromatic carbocycles. The molecule has 9 nitrogen and oxygen atoms in total. The number of carbonyl (C=O) groups excluding carboxylic acids is 3. The molecule has 1 fully saturated rings. The Kier molecular flexibility index (Phi) is 12.1. The molecule has 0 N–H and O–H groups in total. The molecular weight excluding hydrogens is 668 g/mol. The number of hydrogen-bond donors (Lipinski definition) is 0. The van der Waals surface area contributed by atoms with E-state index in [0.717, 1.165) is 11.1 Å². The molecule has 0 radical (unpaired) electrons. The number of carbonyl (C=O) groups is 3. The molecule has 1 heterocycles. The lowest BCUT2D eigenvalue weighted by Gasteiger charge is -2.57. The minimum absolute atomic E-state index is 0.0227. The van der Waals surface area contributed by atoms with Crippen molar-refractivity contribution in [2.45, 2.75) is 51.4 Å². The third-order valence-corrected chi connectivity index (χ3v) is 9.93. The van der Waals surface area contributed by atoms with Crippen molar-refractivity contribution in [2.24, 2.45) is 0 Å². The number of para-hydroxylation sites is 1. The molecule has 0 aliphatic carbocycles. The number of ketones is 1. The lowest BCUT2D eigenvalue weighted by Crippen LogP contribution is -2.79. The summed E-state index contributed by atoms with van der Waals surface area (Å²) in [5.41, 5.74) is 1.77. The summed E-state index contributed by atoms with van der Waals surface area (Å²) < 4.78 is 38.8. The number of halogens is 2. The third kappa shape index (κ3) is 8.66. The van der Waals surface area contributed by atoms with Crippen molar-refractivity contribution in [3.05, 3.63) is 137 Å². The van der Waals surface area contributed by atoms with E-state index in [4.69, 9.17) is 9.47 Å². The monoisotopic (exact) mass is 713 g/mol. The number of hydrogen-bond acceptors (Lipinski definition) is 7. The zero-order valence-electron chi connectivity index (χ0n) is 30.0. The second-order valence-corrected chi connectivity index (χ2v) is 14.2. The predicted molar refractivity (Wildman–Crippen MR) is 190 cm³/mol. The molecule has 0 bridgehead atoms. The fourth-order valence-electron chi connectivity index (χ4n) is 7.26. The van der Waals surface area contributed by atoms with Crippen molar-refractivity contribution in [2.75, 3.05) is 39.8 Å². The van der Waals surface area contributed by atoms with Gasteiger partial charge in [-0.3, -0.25) is 19.1 Å². The van der Waals surface area contributed by atoms with Crippen LogP contribution in [0.15, 0.2) is 103 Å². The smallest absolute Gasteiger partial charge is 0.410 e. The van der Waals surface area contributed by atoms with Gasteiger partial charge in [0.15, 0.2) is 5.78 Å². The normalized spacial score (nSPS) is 17.6. The number of ether oxygens (including phenoxy) is 2. The van der Waals surface area contributed by atoms with Gasteiger partial charge in [-0.2, -0.15) is 0 Å². The van der Waals surface area contributed by atoms with E-state index in [1.807, 2.05) is 74.2 Å². The molecule has 0 saturated carbocycles. The Morgan fingerprint density at radius 2 is 1.46 bits per heavy atom. The van der Waals surface area contributed by atoms with Crippen molar-refractivity contribution < 1.29 is 42.2 Å². The first-order valence-electron chi connectivity index (χ1n) is 17.2. The molecule has 5 rings (SSSR count). The van der Waals surface area contributed by atoms with Crippen LogP contribution in [0.4, 0.5) is 18.4 Å². The Hall–Kier alpha value is -5.13. The number of carboxylic acid groups (broad SMARTS) is 1. The molecule has 1 aliphatic heterocycles. The molecular formula is C41H45F2N3O6. The summed E-state index contributed by atoms with van der Waals surface area (Å²) in [6.45, 7) is 5.84. The average molecular weight is 714 g/mol. The largest absolute Gasteiger partial charge is 0.498 e. The fraction of sp³-hybridized carbons (Fsp3) is 0.341. The van der Waals surface area contributed by atoms with Gasteiger partial charge in [0, 0.05) is 12.1 Å². The number of amides is 2. The van der Waals surface area contributed by atoms with E-state index >= 15 is 0 Å². The van der Waals surface area contributed by atoms with E-state index in [1.165, 1.54) is 53.4 Å². The van der Waals surface area contributed by atoms with Crippen LogP contribution in [0.1, 0.15) is 48.9 Å². The highest BCUT2D eigenvalue weighted by Crippen LogP contribution is 2.34. The molecule has 2 amide bonds. The van der Waals surface area contributed by atoms with Crippen LogP contribution in [-0.4, -0.2) is 83.7 Å². The van der Waals surface area contributed by atoms with Crippen molar-refractivity contribution >= 4 is 18.0 Å². The topological polar surface area (TPSA) is 99.2 Å². The minimum atomic E-state index is -1.28. The van der Waals surface area contributed by atoms with Gasteiger partial charge in [-0.1, -0.05) is 72.8 Å². The molecule has 1 unspecified atom stereocenters. The summed E-state index contributed by atoms with van der Waals surface area (Å²) in [4.78, 5) is 44.6. The number of piperazine rings is 1. The number of rotatable bonds is 12. The van der Waals surface area contributed by atoms with Crippen LogP contribution < -0.4 is 9.84 Å². The fourth-order valence-corrected chi connectivity index (χ4v) is 7.26. The summed E-state index contributed by atoms with van der Waals surface area (Å²) in [7, 11) is 1.55. The maximum Gasteiger partial charge on any atom is 0.410 e. The summed E-state index contributed by atoms with van der Waals surface area (Å²) >= 11 is 0. The van der Waals surface area contributed by atoms with E-state index in [2.05, 4.69) is 0 Å². The van der Waals surface area contributed by atoms with Crippen molar-refractivity contribution in [1.82, 2.24) is 9.80 Å². The Morgan fingerprint density at radius 3 is 2.02 bits per heavy atom. The summed E-state index contributed by atoms with van der Waals surface area (Å²) in [6, 6.07) is 27.1. The second-order valence-electron chi connectivity index (χ2n) is 14.2. The third-order valence-electron chi connectivity index (χ3n) is 9.93. The van der Waals surface area contributed by atoms with Gasteiger partial charge in [-0.15, -0.1) is 0 Å². The number of quaternary nitrogens is 1. The lowest BCUT2D eigenvalue weighted by atomic mass is 9.87. The van der Waals surface area contributed by atoms with Gasteiger partial charge in [-0.05, 0) is 67.8 Å². The highest BCUT2D eigenvalue weighted by atomic mass is 19.1. The Labute approximate surface area is 303 Å². The van der Waals surface area contributed by atoms with Crippen LogP contribution >= 0.6 is 0 Å². The number of nitrogens with zero attached hydrogens (tertiary/aromatic N) is 3. The first-order valence-corrected chi connectivity index (χ1v) is 17.2. The van der Waals surface area contributed by atoms with Crippen LogP contribution in [0, 0.1) is 11.6 Å². The Morgan fingerprint density at radius 1 is 0.885 bits per heavy atom. The Balaban J connectivity index is 1.51. The number of methoxy groups -OCH3 is 1. The van der Waals surface area contributed by atoms with Crippen molar-refractivity contribution in [1.29, 1.82) is 0 Å². The molecule has 2 atom stereocenters. The van der Waals surface area contributed by atoms with Crippen LogP contribution in [0.25, 0.3) is 0 Å². The highest BCUT2D eigenvalue weighted by Gasteiger charge is 2.53. The van der Waals surface area contributed by atoms with Gasteiger partial charge >= 0.3 is 6.09 Å². The van der Waals surface area contributed by atoms with Crippen LogP contribution in [-0.2, 0) is 22.7 Å². The van der Waals surface area contributed by atoms with Gasteiger partial charge in [0.2, 0.25) is 0 Å². The summed E-state index contributed by atoms with van der Waals surface area (Å²) in [6.07, 6.45) is -1.85. The zero-order chi connectivity index (χ0) is 37.5. The molecule has 0 spiro atoms.